The summed E-state index contributed by atoms with van der Waals surface area (Å²) in [6.45, 7) is 2.93. The average Bonchev–Trinajstić information content (AvgIpc) is 2.81. The van der Waals surface area contributed by atoms with E-state index in [-0.39, 0.29) is 5.54 Å². The topological polar surface area (TPSA) is 44.5 Å². The Morgan fingerprint density at radius 1 is 1.53 bits per heavy atom. The summed E-state index contributed by atoms with van der Waals surface area (Å²) in [5.41, 5.74) is 7.15. The normalized spacial score (nSPS) is 23.4. The Bertz CT molecular complexity index is 370. The van der Waals surface area contributed by atoms with Gasteiger partial charge in [0.05, 0.1) is 13.2 Å². The first-order valence-electron chi connectivity index (χ1n) is 6.17. The minimum atomic E-state index is -0.358. The van der Waals surface area contributed by atoms with E-state index in [1.807, 2.05) is 18.2 Å². The van der Waals surface area contributed by atoms with Crippen LogP contribution in [0.4, 0.5) is 0 Å². The van der Waals surface area contributed by atoms with E-state index < -0.39 is 0 Å². The van der Waals surface area contributed by atoms with Crippen molar-refractivity contribution in [1.82, 2.24) is 0 Å². The lowest BCUT2D eigenvalue weighted by Crippen LogP contribution is -2.36. The van der Waals surface area contributed by atoms with Gasteiger partial charge in [-0.25, -0.2) is 0 Å². The molecule has 2 atom stereocenters. The molecule has 0 radical (unpaired) electrons. The molecule has 3 nitrogen and oxygen atoms in total. The highest BCUT2D eigenvalue weighted by Crippen LogP contribution is 2.30. The summed E-state index contributed by atoms with van der Waals surface area (Å²) < 4.78 is 10.9. The quantitative estimate of drug-likeness (QED) is 0.871. The van der Waals surface area contributed by atoms with E-state index in [9.17, 15) is 0 Å². The molecule has 94 valence electrons. The largest absolute Gasteiger partial charge is 0.497 e. The molecule has 0 amide bonds. The van der Waals surface area contributed by atoms with Crippen molar-refractivity contribution in [3.8, 4) is 5.75 Å². The maximum Gasteiger partial charge on any atom is 0.119 e. The molecule has 2 rings (SSSR count). The van der Waals surface area contributed by atoms with Crippen molar-refractivity contribution in [2.45, 2.75) is 37.8 Å². The maximum absolute atomic E-state index is 6.41. The molecule has 1 heterocycles. The van der Waals surface area contributed by atoms with Crippen LogP contribution < -0.4 is 10.5 Å². The van der Waals surface area contributed by atoms with Crippen molar-refractivity contribution in [2.75, 3.05) is 13.7 Å². The van der Waals surface area contributed by atoms with E-state index in [1.165, 1.54) is 0 Å². The zero-order valence-corrected chi connectivity index (χ0v) is 10.6. The van der Waals surface area contributed by atoms with Crippen molar-refractivity contribution >= 4 is 0 Å². The Kier molecular flexibility index (Phi) is 3.69. The fourth-order valence-corrected chi connectivity index (χ4v) is 2.37. The van der Waals surface area contributed by atoms with E-state index in [4.69, 9.17) is 15.2 Å². The standard InChI is InChI=1S/C14H21NO2/c1-14(15,10-13-7-4-8-17-13)11-5-3-6-12(9-11)16-2/h3,5-6,9,13H,4,7-8,10,15H2,1-2H3. The minimum Gasteiger partial charge on any atom is -0.497 e. The molecule has 0 saturated carbocycles. The zero-order valence-electron chi connectivity index (χ0n) is 10.6. The van der Waals surface area contributed by atoms with Crippen molar-refractivity contribution in [1.29, 1.82) is 0 Å². The van der Waals surface area contributed by atoms with Gasteiger partial charge in [0.25, 0.3) is 0 Å². The highest BCUT2D eigenvalue weighted by molar-refractivity contribution is 5.32. The molecule has 0 bridgehead atoms. The fraction of sp³-hybridized carbons (Fsp3) is 0.571. The van der Waals surface area contributed by atoms with Gasteiger partial charge >= 0.3 is 0 Å². The van der Waals surface area contributed by atoms with Crippen LogP contribution in [0.3, 0.4) is 0 Å². The van der Waals surface area contributed by atoms with Crippen molar-refractivity contribution in [2.24, 2.45) is 5.73 Å². The molecule has 1 saturated heterocycles. The molecule has 3 heteroatoms. The van der Waals surface area contributed by atoms with Crippen LogP contribution in [0.25, 0.3) is 0 Å². The third-order valence-corrected chi connectivity index (χ3v) is 3.40. The smallest absolute Gasteiger partial charge is 0.119 e. The summed E-state index contributed by atoms with van der Waals surface area (Å²) in [5, 5.41) is 0. The predicted molar refractivity (Wildman–Crippen MR) is 68.1 cm³/mol. The van der Waals surface area contributed by atoms with E-state index in [0.717, 1.165) is 37.2 Å². The van der Waals surface area contributed by atoms with Gasteiger partial charge in [-0.15, -0.1) is 0 Å². The molecule has 1 aromatic rings. The van der Waals surface area contributed by atoms with Crippen molar-refractivity contribution < 1.29 is 9.47 Å². The van der Waals surface area contributed by atoms with Crippen LogP contribution in [0.1, 0.15) is 31.7 Å². The van der Waals surface area contributed by atoms with E-state index in [1.54, 1.807) is 7.11 Å². The Labute approximate surface area is 103 Å². The van der Waals surface area contributed by atoms with Crippen LogP contribution in [0.5, 0.6) is 5.75 Å². The second kappa shape index (κ2) is 5.07. The highest BCUT2D eigenvalue weighted by Gasteiger charge is 2.28. The number of nitrogens with two attached hydrogens (primary N) is 1. The Morgan fingerprint density at radius 2 is 2.35 bits per heavy atom. The molecule has 1 fully saturated rings. The van der Waals surface area contributed by atoms with Gasteiger partial charge in [-0.2, -0.15) is 0 Å². The molecule has 17 heavy (non-hydrogen) atoms. The molecule has 1 aromatic carbocycles. The number of methoxy groups -OCH3 is 1. The molecule has 2 N–H and O–H groups in total. The molecule has 0 aliphatic carbocycles. The first-order valence-corrected chi connectivity index (χ1v) is 6.17. The lowest BCUT2D eigenvalue weighted by molar-refractivity contribution is 0.0855. The van der Waals surface area contributed by atoms with Crippen LogP contribution in [0.2, 0.25) is 0 Å². The van der Waals surface area contributed by atoms with E-state index in [0.29, 0.717) is 6.10 Å². The Balaban J connectivity index is 2.11. The molecular formula is C14H21NO2. The molecular weight excluding hydrogens is 214 g/mol. The Morgan fingerprint density at radius 3 is 3.00 bits per heavy atom. The number of benzene rings is 1. The second-order valence-corrected chi connectivity index (χ2v) is 4.99. The van der Waals surface area contributed by atoms with Crippen LogP contribution in [-0.4, -0.2) is 19.8 Å². The van der Waals surface area contributed by atoms with Gasteiger partial charge in [0.1, 0.15) is 5.75 Å². The number of ether oxygens (including phenoxy) is 2. The first-order chi connectivity index (χ1) is 8.12. The third kappa shape index (κ3) is 2.99. The van der Waals surface area contributed by atoms with Gasteiger partial charge in [-0.1, -0.05) is 12.1 Å². The average molecular weight is 235 g/mol. The summed E-state index contributed by atoms with van der Waals surface area (Å²) in [6, 6.07) is 7.98. The van der Waals surface area contributed by atoms with Gasteiger partial charge < -0.3 is 15.2 Å². The SMILES string of the molecule is COc1cccc(C(C)(N)CC2CCCO2)c1. The summed E-state index contributed by atoms with van der Waals surface area (Å²) in [4.78, 5) is 0. The molecule has 1 aliphatic rings. The summed E-state index contributed by atoms with van der Waals surface area (Å²) >= 11 is 0. The van der Waals surface area contributed by atoms with Gasteiger partial charge in [-0.3, -0.25) is 0 Å². The Hall–Kier alpha value is -1.06. The zero-order chi connectivity index (χ0) is 12.3. The van der Waals surface area contributed by atoms with E-state index in [2.05, 4.69) is 13.0 Å². The minimum absolute atomic E-state index is 0.302. The maximum atomic E-state index is 6.41. The number of hydrogen-bond donors (Lipinski definition) is 1. The van der Waals surface area contributed by atoms with Crippen LogP contribution in [0, 0.1) is 0 Å². The lowest BCUT2D eigenvalue weighted by Gasteiger charge is -2.28. The number of rotatable bonds is 4. The summed E-state index contributed by atoms with van der Waals surface area (Å²) in [6.07, 6.45) is 3.44. The second-order valence-electron chi connectivity index (χ2n) is 4.99. The highest BCUT2D eigenvalue weighted by atomic mass is 16.5. The molecule has 0 aromatic heterocycles. The van der Waals surface area contributed by atoms with Crippen molar-refractivity contribution in [3.05, 3.63) is 29.8 Å². The monoisotopic (exact) mass is 235 g/mol. The summed E-state index contributed by atoms with van der Waals surface area (Å²) in [7, 11) is 1.67. The van der Waals surface area contributed by atoms with Gasteiger partial charge in [0.2, 0.25) is 0 Å². The van der Waals surface area contributed by atoms with Gasteiger partial charge in [0, 0.05) is 12.1 Å². The molecule has 1 aliphatic heterocycles. The first kappa shape index (κ1) is 12.4. The molecule has 0 spiro atoms. The van der Waals surface area contributed by atoms with Gasteiger partial charge in [0.15, 0.2) is 0 Å². The van der Waals surface area contributed by atoms with Crippen LogP contribution >= 0.6 is 0 Å². The lowest BCUT2D eigenvalue weighted by atomic mass is 9.86. The van der Waals surface area contributed by atoms with E-state index >= 15 is 0 Å². The third-order valence-electron chi connectivity index (χ3n) is 3.40. The van der Waals surface area contributed by atoms with Crippen molar-refractivity contribution in [3.63, 3.8) is 0 Å². The van der Waals surface area contributed by atoms with Gasteiger partial charge in [-0.05, 0) is 43.9 Å². The number of hydrogen-bond acceptors (Lipinski definition) is 3. The van der Waals surface area contributed by atoms with Crippen LogP contribution in [-0.2, 0) is 10.3 Å². The molecule has 2 unspecified atom stereocenters. The fourth-order valence-electron chi connectivity index (χ4n) is 2.37. The summed E-state index contributed by atoms with van der Waals surface area (Å²) in [5.74, 6) is 0.853. The van der Waals surface area contributed by atoms with Crippen LogP contribution in [0.15, 0.2) is 24.3 Å². The predicted octanol–water partition coefficient (Wildman–Crippen LogP) is 2.44.